The highest BCUT2D eigenvalue weighted by Crippen LogP contribution is 2.33. The number of alkyl halides is 3. The fourth-order valence-corrected chi connectivity index (χ4v) is 3.58. The summed E-state index contributed by atoms with van der Waals surface area (Å²) in [5, 5.41) is 10.7. The van der Waals surface area contributed by atoms with Gasteiger partial charge in [0.05, 0.1) is 12.3 Å². The fraction of sp³-hybridized carbons (Fsp3) is 0.238. The van der Waals surface area contributed by atoms with Crippen LogP contribution in [0.15, 0.2) is 52.9 Å². The molecule has 1 saturated heterocycles. The summed E-state index contributed by atoms with van der Waals surface area (Å²) in [7, 11) is 0. The van der Waals surface area contributed by atoms with Crippen LogP contribution in [0.2, 0.25) is 5.02 Å². The van der Waals surface area contributed by atoms with Gasteiger partial charge in [0, 0.05) is 23.7 Å². The summed E-state index contributed by atoms with van der Waals surface area (Å²) in [4.78, 5) is 26.1. The lowest BCUT2D eigenvalue weighted by Gasteiger charge is -2.17. The molecule has 0 bridgehead atoms. The first-order chi connectivity index (χ1) is 15.7. The topological polar surface area (TPSA) is 97.6 Å². The zero-order chi connectivity index (χ0) is 23.6. The molecule has 3 aromatic rings. The van der Waals surface area contributed by atoms with Gasteiger partial charge in [-0.25, -0.2) is 0 Å². The average Bonchev–Trinajstić information content (AvgIpc) is 3.36. The van der Waals surface area contributed by atoms with E-state index >= 15 is 0 Å². The standard InChI is InChI=1S/C21H16ClF3N4O4/c22-16-4-2-1-3-12(16)9-17(30)26-20-28-27-19(32-20)13-10-18(31)29(11-13)14-5-7-15(8-6-14)33-21(23,24)25/h1-8,13H,9-11H2,(H,26,28,30)/t13-/m1/s1. The van der Waals surface area contributed by atoms with Gasteiger partial charge in [0.1, 0.15) is 5.75 Å². The van der Waals surface area contributed by atoms with Crippen molar-refractivity contribution in [2.75, 3.05) is 16.8 Å². The van der Waals surface area contributed by atoms with E-state index in [1.54, 1.807) is 24.3 Å². The molecule has 12 heteroatoms. The van der Waals surface area contributed by atoms with Gasteiger partial charge in [-0.3, -0.25) is 14.9 Å². The molecule has 0 spiro atoms. The van der Waals surface area contributed by atoms with E-state index in [1.807, 2.05) is 0 Å². The molecular formula is C21H16ClF3N4O4. The van der Waals surface area contributed by atoms with Gasteiger partial charge in [-0.05, 0) is 35.9 Å². The van der Waals surface area contributed by atoms with Crippen molar-refractivity contribution < 1.29 is 31.9 Å². The van der Waals surface area contributed by atoms with Crippen LogP contribution in [0.25, 0.3) is 0 Å². The highest BCUT2D eigenvalue weighted by Gasteiger charge is 2.35. The summed E-state index contributed by atoms with van der Waals surface area (Å²) in [6.45, 7) is 0.188. The van der Waals surface area contributed by atoms with Gasteiger partial charge in [0.2, 0.25) is 17.7 Å². The molecule has 4 rings (SSSR count). The summed E-state index contributed by atoms with van der Waals surface area (Å²) in [6, 6.07) is 11.8. The molecule has 1 aliphatic heterocycles. The summed E-state index contributed by atoms with van der Waals surface area (Å²) in [5.41, 5.74) is 1.05. The normalized spacial score (nSPS) is 16.2. The van der Waals surface area contributed by atoms with E-state index in [-0.39, 0.29) is 42.9 Å². The summed E-state index contributed by atoms with van der Waals surface area (Å²) >= 11 is 6.05. The molecule has 0 unspecified atom stereocenters. The Bertz CT molecular complexity index is 1170. The molecule has 2 aromatic carbocycles. The Kier molecular flexibility index (Phi) is 6.23. The monoisotopic (exact) mass is 480 g/mol. The number of carbonyl (C=O) groups excluding carboxylic acids is 2. The average molecular weight is 481 g/mol. The maximum Gasteiger partial charge on any atom is 0.573 e. The first kappa shape index (κ1) is 22.6. The maximum absolute atomic E-state index is 12.4. The van der Waals surface area contributed by atoms with Crippen LogP contribution in [-0.4, -0.2) is 34.9 Å². The molecule has 1 aliphatic rings. The largest absolute Gasteiger partial charge is 0.573 e. The van der Waals surface area contributed by atoms with Gasteiger partial charge < -0.3 is 14.1 Å². The van der Waals surface area contributed by atoms with Gasteiger partial charge >= 0.3 is 12.4 Å². The SMILES string of the molecule is O=C(Cc1ccccc1Cl)Nc1nnc([C@@H]2CC(=O)N(c3ccc(OC(F)(F)F)cc3)C2)o1. The van der Waals surface area contributed by atoms with E-state index < -0.39 is 18.2 Å². The van der Waals surface area contributed by atoms with Crippen LogP contribution < -0.4 is 15.0 Å². The molecule has 1 N–H and O–H groups in total. The predicted octanol–water partition coefficient (Wildman–Crippen LogP) is 4.32. The van der Waals surface area contributed by atoms with E-state index in [9.17, 15) is 22.8 Å². The number of ether oxygens (including phenoxy) is 1. The number of halogens is 4. The predicted molar refractivity (Wildman–Crippen MR) is 111 cm³/mol. The number of nitrogens with one attached hydrogen (secondary N) is 1. The van der Waals surface area contributed by atoms with Crippen molar-refractivity contribution >= 4 is 35.1 Å². The van der Waals surface area contributed by atoms with Crippen LogP contribution in [0.1, 0.15) is 23.8 Å². The van der Waals surface area contributed by atoms with Crippen molar-refractivity contribution in [1.29, 1.82) is 0 Å². The van der Waals surface area contributed by atoms with Crippen molar-refractivity contribution in [2.45, 2.75) is 25.1 Å². The van der Waals surface area contributed by atoms with Crippen LogP contribution >= 0.6 is 11.6 Å². The van der Waals surface area contributed by atoms with Crippen LogP contribution in [-0.2, 0) is 16.0 Å². The molecule has 172 valence electrons. The quantitative estimate of drug-likeness (QED) is 0.564. The number of hydrogen-bond acceptors (Lipinski definition) is 6. The Morgan fingerprint density at radius 1 is 1.18 bits per heavy atom. The minimum Gasteiger partial charge on any atom is -0.407 e. The third kappa shape index (κ3) is 5.61. The van der Waals surface area contributed by atoms with Crippen LogP contribution in [0, 0.1) is 0 Å². The van der Waals surface area contributed by atoms with E-state index in [0.717, 1.165) is 12.1 Å². The number of aromatic nitrogens is 2. The summed E-state index contributed by atoms with van der Waals surface area (Å²) < 4.78 is 46.3. The molecule has 0 aliphatic carbocycles. The van der Waals surface area contributed by atoms with Crippen LogP contribution in [0.3, 0.4) is 0 Å². The minimum absolute atomic E-state index is 0.0150. The van der Waals surface area contributed by atoms with Crippen molar-refractivity contribution in [2.24, 2.45) is 0 Å². The van der Waals surface area contributed by atoms with E-state index in [0.29, 0.717) is 16.3 Å². The number of nitrogens with zero attached hydrogens (tertiary/aromatic N) is 3. The van der Waals surface area contributed by atoms with Crippen molar-refractivity contribution in [3.63, 3.8) is 0 Å². The van der Waals surface area contributed by atoms with Gasteiger partial charge in [-0.1, -0.05) is 34.9 Å². The van der Waals surface area contributed by atoms with Crippen molar-refractivity contribution in [1.82, 2.24) is 10.2 Å². The molecule has 2 heterocycles. The molecular weight excluding hydrogens is 465 g/mol. The lowest BCUT2D eigenvalue weighted by atomic mass is 10.1. The molecule has 1 atom stereocenters. The zero-order valence-corrected chi connectivity index (χ0v) is 17.6. The Hall–Kier alpha value is -3.60. The summed E-state index contributed by atoms with van der Waals surface area (Å²) in [5.74, 6) is -1.32. The third-order valence-corrected chi connectivity index (χ3v) is 5.22. The van der Waals surface area contributed by atoms with Crippen LogP contribution in [0.4, 0.5) is 24.9 Å². The Morgan fingerprint density at radius 2 is 1.91 bits per heavy atom. The molecule has 8 nitrogen and oxygen atoms in total. The number of benzene rings is 2. The van der Waals surface area contributed by atoms with Crippen molar-refractivity contribution in [3.05, 3.63) is 65.0 Å². The van der Waals surface area contributed by atoms with Crippen LogP contribution in [0.5, 0.6) is 5.75 Å². The maximum atomic E-state index is 12.4. The Labute approximate surface area is 190 Å². The highest BCUT2D eigenvalue weighted by molar-refractivity contribution is 6.31. The number of hydrogen-bond donors (Lipinski definition) is 1. The number of carbonyl (C=O) groups is 2. The van der Waals surface area contributed by atoms with Gasteiger partial charge in [0.15, 0.2) is 0 Å². The van der Waals surface area contributed by atoms with Gasteiger partial charge in [-0.15, -0.1) is 18.3 Å². The summed E-state index contributed by atoms with van der Waals surface area (Å²) in [6.07, 6.45) is -4.72. The lowest BCUT2D eigenvalue weighted by Crippen LogP contribution is -2.24. The number of amides is 2. The van der Waals surface area contributed by atoms with Gasteiger partial charge in [0.25, 0.3) is 0 Å². The minimum atomic E-state index is -4.80. The first-order valence-corrected chi connectivity index (χ1v) is 10.1. The molecule has 1 aromatic heterocycles. The first-order valence-electron chi connectivity index (χ1n) is 9.71. The second-order valence-corrected chi connectivity index (χ2v) is 7.62. The second-order valence-electron chi connectivity index (χ2n) is 7.21. The smallest absolute Gasteiger partial charge is 0.407 e. The number of anilines is 2. The fourth-order valence-electron chi connectivity index (χ4n) is 3.38. The second kappa shape index (κ2) is 9.10. The molecule has 2 amide bonds. The highest BCUT2D eigenvalue weighted by atomic mass is 35.5. The van der Waals surface area contributed by atoms with E-state index in [2.05, 4.69) is 20.3 Å². The molecule has 0 saturated carbocycles. The van der Waals surface area contributed by atoms with E-state index in [4.69, 9.17) is 16.0 Å². The Balaban J connectivity index is 1.37. The number of rotatable bonds is 6. The van der Waals surface area contributed by atoms with E-state index in [1.165, 1.54) is 17.0 Å². The van der Waals surface area contributed by atoms with Gasteiger partial charge in [-0.2, -0.15) is 0 Å². The van der Waals surface area contributed by atoms with Crippen molar-refractivity contribution in [3.8, 4) is 5.75 Å². The molecule has 1 fully saturated rings. The Morgan fingerprint density at radius 3 is 2.61 bits per heavy atom. The molecule has 33 heavy (non-hydrogen) atoms. The lowest BCUT2D eigenvalue weighted by molar-refractivity contribution is -0.274. The third-order valence-electron chi connectivity index (χ3n) is 4.85. The molecule has 0 radical (unpaired) electrons. The zero-order valence-electron chi connectivity index (χ0n) is 16.8.